The summed E-state index contributed by atoms with van der Waals surface area (Å²) in [6, 6.07) is 2.63. The number of carbonyl (C=O) groups is 1. The molecule has 4 N–H and O–H groups in total. The number of primary amides is 1. The molecule has 0 aromatic carbocycles. The van der Waals surface area contributed by atoms with Crippen LogP contribution in [-0.2, 0) is 16.0 Å². The summed E-state index contributed by atoms with van der Waals surface area (Å²) in [6.45, 7) is 3.75. The monoisotopic (exact) mass is 474 g/mol. The summed E-state index contributed by atoms with van der Waals surface area (Å²) in [5.74, 6) is 1.11. The lowest BCUT2D eigenvalue weighted by Gasteiger charge is -2.38. The number of fused-ring (bicyclic) bond motifs is 3. The number of aliphatic hydroxyl groups excluding tert-OH is 1. The molecule has 2 aromatic rings. The Bertz CT molecular complexity index is 998. The fourth-order valence-corrected chi connectivity index (χ4v) is 6.98. The number of hydrogen-bond donors (Lipinski definition) is 3. The Kier molecular flexibility index (Phi) is 6.74. The van der Waals surface area contributed by atoms with Gasteiger partial charge in [0, 0.05) is 37.1 Å². The number of ether oxygens (including phenoxy) is 2. The fourth-order valence-electron chi connectivity index (χ4n) is 5.69. The number of nitrogens with zero attached hydrogens (tertiary/aromatic N) is 2. The Morgan fingerprint density at radius 1 is 1.33 bits per heavy atom. The summed E-state index contributed by atoms with van der Waals surface area (Å²) in [4.78, 5) is 21.1. The van der Waals surface area contributed by atoms with E-state index >= 15 is 0 Å². The first kappa shape index (κ1) is 22.8. The standard InChI is InChI=1S/C24H34N4O4S/c1-26-20-13-18(32-16-5-3-15(4-6-16)28-8-10-31-11-9-28)22-21-14(12-17(29)23(25)30)2-7-19(21)33-24(22)27-20/h13-17,29H,2-12H2,1H3,(H2,25,30)(H,26,27)/t14-,15?,16?,17+/m1/s1. The first-order chi connectivity index (χ1) is 16.0. The van der Waals surface area contributed by atoms with E-state index in [0.29, 0.717) is 12.5 Å². The summed E-state index contributed by atoms with van der Waals surface area (Å²) < 4.78 is 12.2. The Hall–Kier alpha value is -1.94. The molecule has 1 aliphatic heterocycles. The van der Waals surface area contributed by atoms with E-state index < -0.39 is 12.0 Å². The van der Waals surface area contributed by atoms with Crippen molar-refractivity contribution < 1.29 is 19.4 Å². The highest BCUT2D eigenvalue weighted by Crippen LogP contribution is 2.49. The largest absolute Gasteiger partial charge is 0.490 e. The molecule has 8 nitrogen and oxygen atoms in total. The maximum atomic E-state index is 11.5. The van der Waals surface area contributed by atoms with Crippen molar-refractivity contribution in [2.45, 2.75) is 69.1 Å². The lowest BCUT2D eigenvalue weighted by atomic mass is 9.91. The number of morpholine rings is 1. The maximum absolute atomic E-state index is 11.5. The van der Waals surface area contributed by atoms with Crippen molar-refractivity contribution in [2.75, 3.05) is 38.7 Å². The Labute approximate surface area is 198 Å². The van der Waals surface area contributed by atoms with Crippen LogP contribution in [0.5, 0.6) is 5.75 Å². The predicted molar refractivity (Wildman–Crippen MR) is 129 cm³/mol. The molecule has 0 unspecified atom stereocenters. The lowest BCUT2D eigenvalue weighted by Crippen LogP contribution is -2.46. The number of rotatable bonds is 7. The number of nitrogens with one attached hydrogen (secondary N) is 1. The molecule has 0 bridgehead atoms. The Morgan fingerprint density at radius 3 is 2.79 bits per heavy atom. The van der Waals surface area contributed by atoms with E-state index in [4.69, 9.17) is 20.2 Å². The van der Waals surface area contributed by atoms with Gasteiger partial charge in [-0.3, -0.25) is 9.69 Å². The van der Waals surface area contributed by atoms with E-state index in [1.54, 1.807) is 11.3 Å². The number of thiophene rings is 1. The molecule has 3 aliphatic rings. The van der Waals surface area contributed by atoms with Crippen LogP contribution in [0.1, 0.15) is 54.9 Å². The third-order valence-corrected chi connectivity index (χ3v) is 8.62. The van der Waals surface area contributed by atoms with Gasteiger partial charge in [-0.05, 0) is 56.4 Å². The van der Waals surface area contributed by atoms with E-state index in [0.717, 1.165) is 86.6 Å². The second-order valence-electron chi connectivity index (χ2n) is 9.46. The molecule has 2 fully saturated rings. The lowest BCUT2D eigenvalue weighted by molar-refractivity contribution is -0.126. The number of nitrogens with two attached hydrogens (primary N) is 1. The molecule has 2 aromatic heterocycles. The molecule has 180 valence electrons. The van der Waals surface area contributed by atoms with Crippen LogP contribution in [0.25, 0.3) is 10.2 Å². The smallest absolute Gasteiger partial charge is 0.246 e. The normalized spacial score (nSPS) is 26.8. The second-order valence-corrected chi connectivity index (χ2v) is 10.5. The number of aliphatic hydroxyl groups is 1. The van der Waals surface area contributed by atoms with Crippen LogP contribution in [0, 0.1) is 0 Å². The van der Waals surface area contributed by atoms with E-state index in [1.807, 2.05) is 13.1 Å². The van der Waals surface area contributed by atoms with Crippen molar-refractivity contribution in [3.63, 3.8) is 0 Å². The molecule has 0 radical (unpaired) electrons. The molecule has 33 heavy (non-hydrogen) atoms. The van der Waals surface area contributed by atoms with Crippen molar-refractivity contribution >= 4 is 33.3 Å². The molecule has 3 heterocycles. The SMILES string of the molecule is CNc1cc(OC2CCC(N3CCOCC3)CC2)c2c3c(sc2n1)CC[C@@H]3C[C@H](O)C(N)=O. The summed E-state index contributed by atoms with van der Waals surface area (Å²) in [5.41, 5.74) is 6.53. The van der Waals surface area contributed by atoms with Crippen molar-refractivity contribution in [2.24, 2.45) is 5.73 Å². The molecule has 9 heteroatoms. The van der Waals surface area contributed by atoms with Crippen molar-refractivity contribution in [3.05, 3.63) is 16.5 Å². The zero-order valence-electron chi connectivity index (χ0n) is 19.2. The van der Waals surface area contributed by atoms with E-state index in [2.05, 4.69) is 10.2 Å². The molecule has 0 spiro atoms. The first-order valence-corrected chi connectivity index (χ1v) is 12.9. The highest BCUT2D eigenvalue weighted by atomic mass is 32.1. The minimum absolute atomic E-state index is 0.0953. The molecular weight excluding hydrogens is 440 g/mol. The summed E-state index contributed by atoms with van der Waals surface area (Å²) in [7, 11) is 1.87. The van der Waals surface area contributed by atoms with Gasteiger partial charge in [-0.25, -0.2) is 4.98 Å². The molecular formula is C24H34N4O4S. The van der Waals surface area contributed by atoms with Crippen LogP contribution in [0.4, 0.5) is 5.82 Å². The number of anilines is 1. The Morgan fingerprint density at radius 2 is 2.09 bits per heavy atom. The number of carbonyl (C=O) groups excluding carboxylic acids is 1. The number of amides is 1. The van der Waals surface area contributed by atoms with Crippen LogP contribution in [0.15, 0.2) is 6.07 Å². The van der Waals surface area contributed by atoms with Gasteiger partial charge in [-0.1, -0.05) is 0 Å². The summed E-state index contributed by atoms with van der Waals surface area (Å²) >= 11 is 1.70. The number of aromatic nitrogens is 1. The number of pyridine rings is 1. The molecule has 1 saturated carbocycles. The van der Waals surface area contributed by atoms with Crippen LogP contribution >= 0.6 is 11.3 Å². The van der Waals surface area contributed by atoms with E-state index in [9.17, 15) is 9.90 Å². The van der Waals surface area contributed by atoms with Crippen LogP contribution in [-0.4, -0.2) is 72.5 Å². The van der Waals surface area contributed by atoms with Gasteiger partial charge in [-0.2, -0.15) is 0 Å². The molecule has 2 aliphatic carbocycles. The van der Waals surface area contributed by atoms with Crippen molar-refractivity contribution in [1.29, 1.82) is 0 Å². The van der Waals surface area contributed by atoms with Crippen molar-refractivity contribution in [3.8, 4) is 5.75 Å². The van der Waals surface area contributed by atoms with Gasteiger partial charge in [0.05, 0.1) is 24.7 Å². The molecule has 1 amide bonds. The highest BCUT2D eigenvalue weighted by Gasteiger charge is 2.34. The minimum Gasteiger partial charge on any atom is -0.490 e. The van der Waals surface area contributed by atoms with Crippen molar-refractivity contribution in [1.82, 2.24) is 9.88 Å². The van der Waals surface area contributed by atoms with Gasteiger partial charge in [0.15, 0.2) is 0 Å². The van der Waals surface area contributed by atoms with E-state index in [-0.39, 0.29) is 12.0 Å². The van der Waals surface area contributed by atoms with Crippen LogP contribution < -0.4 is 15.8 Å². The second kappa shape index (κ2) is 9.74. The Balaban J connectivity index is 1.37. The number of aryl methyl sites for hydroxylation is 1. The zero-order chi connectivity index (χ0) is 22.9. The van der Waals surface area contributed by atoms with Gasteiger partial charge in [0.1, 0.15) is 22.5 Å². The van der Waals surface area contributed by atoms with Gasteiger partial charge < -0.3 is 25.6 Å². The summed E-state index contributed by atoms with van der Waals surface area (Å²) in [5, 5.41) is 14.4. The molecule has 1 saturated heterocycles. The van der Waals surface area contributed by atoms with Gasteiger partial charge in [0.25, 0.3) is 0 Å². The average molecular weight is 475 g/mol. The topological polar surface area (TPSA) is 110 Å². The van der Waals surface area contributed by atoms with Gasteiger partial charge >= 0.3 is 0 Å². The zero-order valence-corrected chi connectivity index (χ0v) is 20.0. The predicted octanol–water partition coefficient (Wildman–Crippen LogP) is 2.63. The molecule has 2 atom stereocenters. The van der Waals surface area contributed by atoms with E-state index in [1.165, 1.54) is 10.4 Å². The van der Waals surface area contributed by atoms with Crippen LogP contribution in [0.3, 0.4) is 0 Å². The third kappa shape index (κ3) is 4.69. The summed E-state index contributed by atoms with van der Waals surface area (Å²) in [6.07, 6.45) is 5.63. The molecule has 5 rings (SSSR count). The highest BCUT2D eigenvalue weighted by molar-refractivity contribution is 7.19. The number of hydrogen-bond acceptors (Lipinski definition) is 8. The van der Waals surface area contributed by atoms with Crippen LogP contribution in [0.2, 0.25) is 0 Å². The minimum atomic E-state index is -1.12. The van der Waals surface area contributed by atoms with Gasteiger partial charge in [0.2, 0.25) is 5.91 Å². The fraction of sp³-hybridized carbons (Fsp3) is 0.667. The van der Waals surface area contributed by atoms with Gasteiger partial charge in [-0.15, -0.1) is 11.3 Å². The first-order valence-electron chi connectivity index (χ1n) is 12.1. The quantitative estimate of drug-likeness (QED) is 0.566. The average Bonchev–Trinajstić information content (AvgIpc) is 3.39. The third-order valence-electron chi connectivity index (χ3n) is 7.46. The maximum Gasteiger partial charge on any atom is 0.246 e.